The topological polar surface area (TPSA) is 41.5 Å². The number of aryl methyl sites for hydroxylation is 1. The van der Waals surface area contributed by atoms with Crippen LogP contribution in [0.15, 0.2) is 18.2 Å². The highest BCUT2D eigenvalue weighted by Crippen LogP contribution is 2.32. The van der Waals surface area contributed by atoms with Gasteiger partial charge in [0.2, 0.25) is 0 Å². The average molecular weight is 277 g/mol. The Hall–Kier alpha value is -1.06. The van der Waals surface area contributed by atoms with Crippen molar-refractivity contribution in [2.24, 2.45) is 0 Å². The fourth-order valence-corrected chi connectivity index (χ4v) is 2.20. The number of hydrogen-bond acceptors (Lipinski definition) is 3. The highest BCUT2D eigenvalue weighted by Gasteiger charge is 2.22. The Kier molecular flexibility index (Phi) is 4.71. The molecule has 1 atom stereocenters. The van der Waals surface area contributed by atoms with Crippen molar-refractivity contribution >= 4 is 0 Å². The highest BCUT2D eigenvalue weighted by atomic mass is 16.5. The molecule has 1 aromatic carbocycles. The van der Waals surface area contributed by atoms with Crippen molar-refractivity contribution in [1.82, 2.24) is 5.32 Å². The summed E-state index contributed by atoms with van der Waals surface area (Å²) in [5.41, 5.74) is 2.41. The Balaban J connectivity index is 1.94. The molecule has 0 amide bonds. The molecule has 3 nitrogen and oxygen atoms in total. The summed E-state index contributed by atoms with van der Waals surface area (Å²) in [6, 6.07) is 6.91. The van der Waals surface area contributed by atoms with Crippen LogP contribution in [0.3, 0.4) is 0 Å². The molecule has 0 aromatic heterocycles. The molecule has 0 bridgehead atoms. The summed E-state index contributed by atoms with van der Waals surface area (Å²) in [6.45, 7) is 9.54. The van der Waals surface area contributed by atoms with Crippen molar-refractivity contribution in [2.75, 3.05) is 13.2 Å². The minimum atomic E-state index is -0.455. The molecule has 0 radical (unpaired) electrons. The second-order valence-corrected chi connectivity index (χ2v) is 6.90. The predicted octanol–water partition coefficient (Wildman–Crippen LogP) is 2.78. The summed E-state index contributed by atoms with van der Waals surface area (Å²) >= 11 is 0. The highest BCUT2D eigenvalue weighted by molar-refractivity contribution is 5.41. The van der Waals surface area contributed by atoms with Crippen molar-refractivity contribution in [3.8, 4) is 5.75 Å². The van der Waals surface area contributed by atoms with Crippen LogP contribution in [-0.2, 0) is 5.41 Å². The zero-order chi connectivity index (χ0) is 14.8. The Bertz CT molecular complexity index is 447. The first-order valence-corrected chi connectivity index (χ1v) is 7.51. The number of benzene rings is 1. The quantitative estimate of drug-likeness (QED) is 0.840. The van der Waals surface area contributed by atoms with E-state index in [0.717, 1.165) is 5.75 Å². The van der Waals surface area contributed by atoms with E-state index < -0.39 is 6.10 Å². The molecule has 2 rings (SSSR count). The molecule has 0 aliphatic heterocycles. The summed E-state index contributed by atoms with van der Waals surface area (Å²) in [5.74, 6) is 0.892. The molecule has 3 heteroatoms. The molecule has 2 N–H and O–H groups in total. The molecular weight excluding hydrogens is 250 g/mol. The molecule has 1 saturated carbocycles. The lowest BCUT2D eigenvalue weighted by molar-refractivity contribution is 0.105. The van der Waals surface area contributed by atoms with Gasteiger partial charge in [-0.15, -0.1) is 0 Å². The maximum absolute atomic E-state index is 9.96. The van der Waals surface area contributed by atoms with E-state index in [1.54, 1.807) is 0 Å². The van der Waals surface area contributed by atoms with E-state index in [-0.39, 0.29) is 5.41 Å². The van der Waals surface area contributed by atoms with Gasteiger partial charge in [0.1, 0.15) is 18.5 Å². The predicted molar refractivity (Wildman–Crippen MR) is 82.4 cm³/mol. The zero-order valence-corrected chi connectivity index (χ0v) is 13.1. The van der Waals surface area contributed by atoms with Crippen molar-refractivity contribution in [2.45, 2.75) is 58.1 Å². The molecular formula is C17H27NO2. The molecule has 1 unspecified atom stereocenters. The minimum Gasteiger partial charge on any atom is -0.491 e. The van der Waals surface area contributed by atoms with Crippen LogP contribution in [0, 0.1) is 6.92 Å². The zero-order valence-electron chi connectivity index (χ0n) is 13.1. The fourth-order valence-electron chi connectivity index (χ4n) is 2.20. The minimum absolute atomic E-state index is 0.0419. The molecule has 0 saturated heterocycles. The largest absolute Gasteiger partial charge is 0.491 e. The lowest BCUT2D eigenvalue weighted by Crippen LogP contribution is -2.32. The Morgan fingerprint density at radius 1 is 1.35 bits per heavy atom. The molecule has 0 heterocycles. The van der Waals surface area contributed by atoms with E-state index in [4.69, 9.17) is 4.74 Å². The first-order valence-electron chi connectivity index (χ1n) is 7.51. The number of aliphatic hydroxyl groups excluding tert-OH is 1. The van der Waals surface area contributed by atoms with Crippen LogP contribution in [0.4, 0.5) is 0 Å². The van der Waals surface area contributed by atoms with E-state index in [1.165, 1.54) is 24.0 Å². The van der Waals surface area contributed by atoms with Gasteiger partial charge in [0.15, 0.2) is 0 Å². The van der Waals surface area contributed by atoms with Crippen LogP contribution in [0.25, 0.3) is 0 Å². The monoisotopic (exact) mass is 277 g/mol. The third-order valence-electron chi connectivity index (χ3n) is 3.60. The number of aliphatic hydroxyl groups is 1. The van der Waals surface area contributed by atoms with Gasteiger partial charge >= 0.3 is 0 Å². The van der Waals surface area contributed by atoms with Gasteiger partial charge in [-0.05, 0) is 42.4 Å². The second kappa shape index (κ2) is 6.15. The molecule has 1 aliphatic carbocycles. The Labute approximate surface area is 122 Å². The van der Waals surface area contributed by atoms with Gasteiger partial charge in [-0.1, -0.05) is 32.9 Å². The Morgan fingerprint density at radius 3 is 2.65 bits per heavy atom. The number of hydrogen-bond donors (Lipinski definition) is 2. The van der Waals surface area contributed by atoms with Gasteiger partial charge in [0, 0.05) is 12.6 Å². The van der Waals surface area contributed by atoms with Crippen LogP contribution < -0.4 is 10.1 Å². The molecule has 0 spiro atoms. The molecule has 1 aromatic rings. The van der Waals surface area contributed by atoms with Gasteiger partial charge in [-0.2, -0.15) is 0 Å². The van der Waals surface area contributed by atoms with E-state index >= 15 is 0 Å². The van der Waals surface area contributed by atoms with Crippen molar-refractivity contribution in [1.29, 1.82) is 0 Å². The third-order valence-corrected chi connectivity index (χ3v) is 3.60. The molecule has 20 heavy (non-hydrogen) atoms. The third kappa shape index (κ3) is 4.50. The SMILES string of the molecule is Cc1ccc(C(C)(C)C)c(OCC(O)CNC2CC2)c1. The lowest BCUT2D eigenvalue weighted by Gasteiger charge is -2.24. The van der Waals surface area contributed by atoms with Crippen molar-refractivity contribution < 1.29 is 9.84 Å². The van der Waals surface area contributed by atoms with Gasteiger partial charge in [-0.3, -0.25) is 0 Å². The summed E-state index contributed by atoms with van der Waals surface area (Å²) in [6.07, 6.45) is 2.02. The normalized spacial score (nSPS) is 17.1. The van der Waals surface area contributed by atoms with Crippen molar-refractivity contribution in [3.05, 3.63) is 29.3 Å². The van der Waals surface area contributed by atoms with Gasteiger partial charge in [0.25, 0.3) is 0 Å². The summed E-state index contributed by atoms with van der Waals surface area (Å²) in [4.78, 5) is 0. The first kappa shape index (κ1) is 15.3. The van der Waals surface area contributed by atoms with E-state index in [2.05, 4.69) is 51.2 Å². The van der Waals surface area contributed by atoms with Crippen LogP contribution >= 0.6 is 0 Å². The maximum Gasteiger partial charge on any atom is 0.123 e. The van der Waals surface area contributed by atoms with E-state index in [1.807, 2.05) is 0 Å². The summed E-state index contributed by atoms with van der Waals surface area (Å²) in [7, 11) is 0. The van der Waals surface area contributed by atoms with Gasteiger partial charge in [-0.25, -0.2) is 0 Å². The standard InChI is InChI=1S/C17H27NO2/c1-12-5-8-15(17(2,3)4)16(9-12)20-11-14(19)10-18-13-6-7-13/h5,8-9,13-14,18-19H,6-7,10-11H2,1-4H3. The first-order chi connectivity index (χ1) is 9.36. The summed E-state index contributed by atoms with van der Waals surface area (Å²) < 4.78 is 5.87. The number of rotatable bonds is 6. The Morgan fingerprint density at radius 2 is 2.05 bits per heavy atom. The van der Waals surface area contributed by atoms with E-state index in [0.29, 0.717) is 19.2 Å². The number of ether oxygens (including phenoxy) is 1. The van der Waals surface area contributed by atoms with Gasteiger partial charge < -0.3 is 15.2 Å². The molecule has 1 aliphatic rings. The van der Waals surface area contributed by atoms with Crippen LogP contribution in [0.1, 0.15) is 44.7 Å². The maximum atomic E-state index is 9.96. The van der Waals surface area contributed by atoms with Crippen LogP contribution in [0.5, 0.6) is 5.75 Å². The van der Waals surface area contributed by atoms with E-state index in [9.17, 15) is 5.11 Å². The second-order valence-electron chi connectivity index (χ2n) is 6.90. The van der Waals surface area contributed by atoms with Crippen LogP contribution in [-0.4, -0.2) is 30.4 Å². The van der Waals surface area contributed by atoms with Crippen molar-refractivity contribution in [3.63, 3.8) is 0 Å². The van der Waals surface area contributed by atoms with Gasteiger partial charge in [0.05, 0.1) is 0 Å². The summed E-state index contributed by atoms with van der Waals surface area (Å²) in [5, 5.41) is 13.3. The average Bonchev–Trinajstić information content (AvgIpc) is 3.16. The smallest absolute Gasteiger partial charge is 0.123 e. The lowest BCUT2D eigenvalue weighted by atomic mass is 9.86. The molecule has 112 valence electrons. The fraction of sp³-hybridized carbons (Fsp3) is 0.647. The molecule has 1 fully saturated rings. The van der Waals surface area contributed by atoms with Crippen LogP contribution in [0.2, 0.25) is 0 Å². The number of nitrogens with one attached hydrogen (secondary N) is 1.